The van der Waals surface area contributed by atoms with Crippen LogP contribution in [0, 0.1) is 0 Å². The van der Waals surface area contributed by atoms with Crippen molar-refractivity contribution >= 4 is 5.97 Å². The number of rotatable bonds is 6. The fraction of sp³-hybridized carbons (Fsp3) is 0.0526. The minimum atomic E-state index is -1.02. The highest BCUT2D eigenvalue weighted by Gasteiger charge is 2.04. The van der Waals surface area contributed by atoms with Crippen molar-refractivity contribution in [1.29, 1.82) is 0 Å². The van der Waals surface area contributed by atoms with Crippen LogP contribution in [0.3, 0.4) is 0 Å². The smallest absolute Gasteiger partial charge is 0.337 e. The van der Waals surface area contributed by atoms with Gasteiger partial charge in [0.25, 0.3) is 0 Å². The van der Waals surface area contributed by atoms with Crippen molar-refractivity contribution in [2.45, 2.75) is 6.61 Å². The number of pyridine rings is 1. The van der Waals surface area contributed by atoms with Crippen LogP contribution in [0.15, 0.2) is 72.9 Å². The zero-order valence-corrected chi connectivity index (χ0v) is 12.8. The quantitative estimate of drug-likeness (QED) is 0.738. The zero-order valence-electron chi connectivity index (χ0n) is 12.8. The molecule has 0 spiro atoms. The molecule has 0 atom stereocenters. The molecule has 0 unspecified atom stereocenters. The molecule has 0 amide bonds. The maximum Gasteiger partial charge on any atom is 0.337 e. The fourth-order valence-electron chi connectivity index (χ4n) is 2.03. The van der Waals surface area contributed by atoms with Crippen LogP contribution in [0.2, 0.25) is 0 Å². The van der Waals surface area contributed by atoms with Gasteiger partial charge in [-0.25, -0.2) is 9.78 Å². The zero-order chi connectivity index (χ0) is 16.8. The summed E-state index contributed by atoms with van der Waals surface area (Å²) >= 11 is 0. The van der Waals surface area contributed by atoms with Crippen LogP contribution in [-0.2, 0) is 6.61 Å². The van der Waals surface area contributed by atoms with Crippen molar-refractivity contribution in [2.75, 3.05) is 0 Å². The molecule has 5 heteroatoms. The largest absolute Gasteiger partial charge is 0.489 e. The van der Waals surface area contributed by atoms with Crippen molar-refractivity contribution in [3.63, 3.8) is 0 Å². The molecule has 5 nitrogen and oxygen atoms in total. The van der Waals surface area contributed by atoms with Gasteiger partial charge >= 0.3 is 5.97 Å². The molecule has 1 heterocycles. The van der Waals surface area contributed by atoms with Gasteiger partial charge in [-0.15, -0.1) is 0 Å². The number of carboxylic acid groups (broad SMARTS) is 1. The van der Waals surface area contributed by atoms with Gasteiger partial charge in [0.05, 0.1) is 5.56 Å². The molecule has 3 aromatic rings. The van der Waals surface area contributed by atoms with Crippen LogP contribution in [0.1, 0.15) is 15.9 Å². The van der Waals surface area contributed by atoms with Crippen molar-refractivity contribution in [3.05, 3.63) is 84.1 Å². The molecule has 1 N–H and O–H groups in total. The summed E-state index contributed by atoms with van der Waals surface area (Å²) in [5.74, 6) is 0.643. The topological polar surface area (TPSA) is 68.7 Å². The van der Waals surface area contributed by atoms with E-state index in [1.807, 2.05) is 42.5 Å². The van der Waals surface area contributed by atoms with Crippen LogP contribution in [0.5, 0.6) is 17.4 Å². The number of nitrogens with zero attached hydrogens (tertiary/aromatic N) is 1. The van der Waals surface area contributed by atoms with Gasteiger partial charge in [-0.2, -0.15) is 0 Å². The molecular weight excluding hydrogens is 306 g/mol. The average Bonchev–Trinajstić information content (AvgIpc) is 2.62. The first-order valence-corrected chi connectivity index (χ1v) is 7.35. The van der Waals surface area contributed by atoms with E-state index in [2.05, 4.69) is 4.98 Å². The molecule has 3 rings (SSSR count). The van der Waals surface area contributed by atoms with Crippen LogP contribution < -0.4 is 9.47 Å². The summed E-state index contributed by atoms with van der Waals surface area (Å²) in [5, 5.41) is 8.83. The van der Waals surface area contributed by atoms with Gasteiger partial charge in [0.15, 0.2) is 0 Å². The van der Waals surface area contributed by atoms with E-state index >= 15 is 0 Å². The van der Waals surface area contributed by atoms with E-state index in [9.17, 15) is 4.79 Å². The maximum atomic E-state index is 10.8. The van der Waals surface area contributed by atoms with Gasteiger partial charge in [0.1, 0.15) is 18.1 Å². The van der Waals surface area contributed by atoms with Gasteiger partial charge in [0.2, 0.25) is 5.88 Å². The highest BCUT2D eigenvalue weighted by molar-refractivity contribution is 5.87. The van der Waals surface area contributed by atoms with Crippen molar-refractivity contribution < 1.29 is 19.4 Å². The Balaban J connectivity index is 1.59. The molecule has 0 radical (unpaired) electrons. The number of aromatic carboxylic acids is 1. The Morgan fingerprint density at radius 1 is 0.917 bits per heavy atom. The molecule has 2 aromatic carbocycles. The highest BCUT2D eigenvalue weighted by atomic mass is 16.5. The highest BCUT2D eigenvalue weighted by Crippen LogP contribution is 2.23. The third-order valence-corrected chi connectivity index (χ3v) is 3.28. The van der Waals surface area contributed by atoms with Crippen molar-refractivity contribution in [3.8, 4) is 17.4 Å². The molecular formula is C19H15NO4. The predicted octanol–water partition coefficient (Wildman–Crippen LogP) is 4.15. The second kappa shape index (κ2) is 7.28. The SMILES string of the molecule is O=C(O)c1ccc(Oc2ccc(OCc3ccccc3)cc2)nc1. The molecule has 0 saturated carbocycles. The normalized spacial score (nSPS) is 10.2. The fourth-order valence-corrected chi connectivity index (χ4v) is 2.03. The summed E-state index contributed by atoms with van der Waals surface area (Å²) in [4.78, 5) is 14.7. The lowest BCUT2D eigenvalue weighted by molar-refractivity contribution is 0.0696. The van der Waals surface area contributed by atoms with E-state index in [-0.39, 0.29) is 5.56 Å². The second-order valence-electron chi connectivity index (χ2n) is 5.04. The Morgan fingerprint density at radius 2 is 1.62 bits per heavy atom. The molecule has 1 aromatic heterocycles. The van der Waals surface area contributed by atoms with Gasteiger partial charge in [-0.1, -0.05) is 30.3 Å². The van der Waals surface area contributed by atoms with E-state index in [0.717, 1.165) is 11.3 Å². The third kappa shape index (κ3) is 4.10. The Morgan fingerprint density at radius 3 is 2.25 bits per heavy atom. The monoisotopic (exact) mass is 321 g/mol. The summed E-state index contributed by atoms with van der Waals surface area (Å²) in [6.45, 7) is 0.499. The Bertz CT molecular complexity index is 799. The minimum absolute atomic E-state index is 0.118. The lowest BCUT2D eigenvalue weighted by Crippen LogP contribution is -1.97. The van der Waals surface area contributed by atoms with Crippen molar-refractivity contribution in [1.82, 2.24) is 4.98 Å². The summed E-state index contributed by atoms with van der Waals surface area (Å²) in [5.41, 5.74) is 1.22. The number of hydrogen-bond acceptors (Lipinski definition) is 4. The van der Waals surface area contributed by atoms with Crippen LogP contribution >= 0.6 is 0 Å². The number of aromatic nitrogens is 1. The third-order valence-electron chi connectivity index (χ3n) is 3.28. The summed E-state index contributed by atoms with van der Waals surface area (Å²) in [6, 6.07) is 20.0. The molecule has 120 valence electrons. The lowest BCUT2D eigenvalue weighted by atomic mass is 10.2. The van der Waals surface area contributed by atoms with Crippen LogP contribution in [0.25, 0.3) is 0 Å². The maximum absolute atomic E-state index is 10.8. The average molecular weight is 321 g/mol. The second-order valence-corrected chi connectivity index (χ2v) is 5.04. The van der Waals surface area contributed by atoms with E-state index in [0.29, 0.717) is 18.2 Å². The summed E-state index contributed by atoms with van der Waals surface area (Å²) < 4.78 is 11.3. The standard InChI is InChI=1S/C19H15NO4/c21-19(22)15-6-11-18(20-12-15)24-17-9-7-16(8-10-17)23-13-14-4-2-1-3-5-14/h1-12H,13H2,(H,21,22). The predicted molar refractivity (Wildman–Crippen MR) is 88.5 cm³/mol. The van der Waals surface area contributed by atoms with Crippen molar-refractivity contribution in [2.24, 2.45) is 0 Å². The number of ether oxygens (including phenoxy) is 2. The number of carbonyl (C=O) groups is 1. The first-order chi connectivity index (χ1) is 11.7. The first-order valence-electron chi connectivity index (χ1n) is 7.35. The number of hydrogen-bond donors (Lipinski definition) is 1. The molecule has 0 aliphatic carbocycles. The van der Waals surface area contributed by atoms with E-state index in [1.54, 1.807) is 12.1 Å². The summed E-state index contributed by atoms with van der Waals surface area (Å²) in [7, 11) is 0. The van der Waals surface area contributed by atoms with Crippen LogP contribution in [0.4, 0.5) is 0 Å². The van der Waals surface area contributed by atoms with Gasteiger partial charge < -0.3 is 14.6 Å². The minimum Gasteiger partial charge on any atom is -0.489 e. The van der Waals surface area contributed by atoms with E-state index in [4.69, 9.17) is 14.6 Å². The first kappa shape index (κ1) is 15.6. The molecule has 0 bridgehead atoms. The molecule has 0 fully saturated rings. The van der Waals surface area contributed by atoms with Gasteiger partial charge in [0, 0.05) is 12.3 Å². The Labute approximate surface area is 139 Å². The molecule has 24 heavy (non-hydrogen) atoms. The van der Waals surface area contributed by atoms with E-state index in [1.165, 1.54) is 18.3 Å². The van der Waals surface area contributed by atoms with Gasteiger partial charge in [-0.05, 0) is 35.9 Å². The van der Waals surface area contributed by atoms with Crippen LogP contribution in [-0.4, -0.2) is 16.1 Å². The Hall–Kier alpha value is -3.34. The Kier molecular flexibility index (Phi) is 4.72. The number of benzene rings is 2. The molecule has 0 aliphatic heterocycles. The molecule has 0 aliphatic rings. The lowest BCUT2D eigenvalue weighted by Gasteiger charge is -2.08. The summed E-state index contributed by atoms with van der Waals surface area (Å²) in [6.07, 6.45) is 1.26. The molecule has 0 saturated heterocycles. The van der Waals surface area contributed by atoms with E-state index < -0.39 is 5.97 Å². The van der Waals surface area contributed by atoms with Gasteiger partial charge in [-0.3, -0.25) is 0 Å². The number of carboxylic acids is 1.